The van der Waals surface area contributed by atoms with E-state index in [1.54, 1.807) is 0 Å². The van der Waals surface area contributed by atoms with E-state index in [-0.39, 0.29) is 5.91 Å². The van der Waals surface area contributed by atoms with Gasteiger partial charge in [0.15, 0.2) is 0 Å². The minimum absolute atomic E-state index is 0.00403. The summed E-state index contributed by atoms with van der Waals surface area (Å²) in [4.78, 5) is 19.7. The van der Waals surface area contributed by atoms with E-state index in [4.69, 9.17) is 0 Å². The lowest BCUT2D eigenvalue weighted by atomic mass is 9.99. The van der Waals surface area contributed by atoms with Crippen molar-refractivity contribution < 1.29 is 4.79 Å². The number of likely N-dealkylation sites (tertiary alicyclic amines) is 1. The van der Waals surface area contributed by atoms with Crippen LogP contribution >= 0.6 is 0 Å². The molecule has 1 aliphatic rings. The lowest BCUT2D eigenvalue weighted by Crippen LogP contribution is -2.33. The standard InChI is InChI=1S/C28H30N4O/c1-20-6-5-7-22(16-20)27-30-18-25-10-8-24(19-32(25)27)26-11-9-23(17-21(26)2)28(33)29-12-15-31-13-3-4-14-31/h5-11,16-19H,3-4,12-15H2,1-2H3,(H,29,33). The number of imidazole rings is 1. The Morgan fingerprint density at radius 2 is 1.85 bits per heavy atom. The molecule has 3 heterocycles. The topological polar surface area (TPSA) is 49.6 Å². The van der Waals surface area contributed by atoms with Crippen LogP contribution < -0.4 is 5.32 Å². The van der Waals surface area contributed by atoms with Crippen molar-refractivity contribution in [3.05, 3.63) is 83.7 Å². The first-order chi connectivity index (χ1) is 16.1. The van der Waals surface area contributed by atoms with Crippen LogP contribution in [0.25, 0.3) is 28.0 Å². The van der Waals surface area contributed by atoms with Crippen molar-refractivity contribution in [1.29, 1.82) is 0 Å². The van der Waals surface area contributed by atoms with E-state index in [1.807, 2.05) is 18.3 Å². The first-order valence-electron chi connectivity index (χ1n) is 11.7. The maximum Gasteiger partial charge on any atom is 0.251 e. The smallest absolute Gasteiger partial charge is 0.251 e. The van der Waals surface area contributed by atoms with Gasteiger partial charge >= 0.3 is 0 Å². The molecule has 1 fully saturated rings. The number of aryl methyl sites for hydroxylation is 2. The monoisotopic (exact) mass is 438 g/mol. The fourth-order valence-corrected chi connectivity index (χ4v) is 4.71. The van der Waals surface area contributed by atoms with Crippen LogP contribution in [0.3, 0.4) is 0 Å². The zero-order valence-corrected chi connectivity index (χ0v) is 19.3. The number of fused-ring (bicyclic) bond motifs is 1. The Morgan fingerprint density at radius 3 is 2.64 bits per heavy atom. The van der Waals surface area contributed by atoms with Crippen molar-refractivity contribution in [2.24, 2.45) is 0 Å². The van der Waals surface area contributed by atoms with Crippen LogP contribution in [0.15, 0.2) is 67.0 Å². The third-order valence-corrected chi connectivity index (χ3v) is 6.52. The summed E-state index contributed by atoms with van der Waals surface area (Å²) in [5.41, 5.74) is 7.39. The van der Waals surface area contributed by atoms with E-state index in [0.29, 0.717) is 12.1 Å². The largest absolute Gasteiger partial charge is 0.351 e. The third kappa shape index (κ3) is 4.55. The van der Waals surface area contributed by atoms with Crippen LogP contribution in [0.5, 0.6) is 0 Å². The first-order valence-corrected chi connectivity index (χ1v) is 11.7. The van der Waals surface area contributed by atoms with Crippen LogP contribution in [-0.2, 0) is 0 Å². The average Bonchev–Trinajstić information content (AvgIpc) is 3.48. The maximum absolute atomic E-state index is 12.6. The number of pyridine rings is 1. The molecule has 0 unspecified atom stereocenters. The third-order valence-electron chi connectivity index (χ3n) is 6.52. The van der Waals surface area contributed by atoms with Gasteiger partial charge in [-0.2, -0.15) is 0 Å². The van der Waals surface area contributed by atoms with Gasteiger partial charge in [0.05, 0.1) is 11.7 Å². The number of rotatable bonds is 6. The first kappa shape index (κ1) is 21.4. The number of hydrogen-bond acceptors (Lipinski definition) is 3. The Hall–Kier alpha value is -3.44. The van der Waals surface area contributed by atoms with Gasteiger partial charge in [0.1, 0.15) is 5.82 Å². The molecule has 0 aliphatic carbocycles. The van der Waals surface area contributed by atoms with Gasteiger partial charge in [-0.25, -0.2) is 4.98 Å². The fraction of sp³-hybridized carbons (Fsp3) is 0.286. The van der Waals surface area contributed by atoms with Crippen LogP contribution in [0.4, 0.5) is 0 Å². The molecule has 4 aromatic rings. The number of benzene rings is 2. The van der Waals surface area contributed by atoms with E-state index in [1.165, 1.54) is 18.4 Å². The number of carbonyl (C=O) groups excluding carboxylic acids is 1. The number of aromatic nitrogens is 2. The second kappa shape index (κ2) is 9.20. The summed E-state index contributed by atoms with van der Waals surface area (Å²) in [6, 6.07) is 18.6. The van der Waals surface area contributed by atoms with Gasteiger partial charge in [-0.15, -0.1) is 0 Å². The highest BCUT2D eigenvalue weighted by Gasteiger charge is 2.13. The molecule has 1 N–H and O–H groups in total. The van der Waals surface area contributed by atoms with E-state index in [9.17, 15) is 4.79 Å². The summed E-state index contributed by atoms with van der Waals surface area (Å²) in [6.07, 6.45) is 6.58. The number of amides is 1. The van der Waals surface area contributed by atoms with Crippen LogP contribution in [0.2, 0.25) is 0 Å². The highest BCUT2D eigenvalue weighted by Crippen LogP contribution is 2.28. The molecule has 5 nitrogen and oxygen atoms in total. The Bertz CT molecular complexity index is 1300. The molecule has 168 valence electrons. The molecule has 5 heteroatoms. The van der Waals surface area contributed by atoms with Gasteiger partial charge < -0.3 is 10.2 Å². The predicted octanol–water partition coefficient (Wildman–Crippen LogP) is 5.11. The zero-order chi connectivity index (χ0) is 22.8. The number of nitrogens with one attached hydrogen (secondary N) is 1. The molecule has 1 amide bonds. The average molecular weight is 439 g/mol. The second-order valence-electron chi connectivity index (χ2n) is 9.00. The molecule has 0 atom stereocenters. The summed E-state index contributed by atoms with van der Waals surface area (Å²) in [7, 11) is 0. The van der Waals surface area contributed by atoms with Gasteiger partial charge in [0.25, 0.3) is 5.91 Å². The second-order valence-corrected chi connectivity index (χ2v) is 9.00. The Kier molecular flexibility index (Phi) is 5.97. The molecule has 0 radical (unpaired) electrons. The summed E-state index contributed by atoms with van der Waals surface area (Å²) >= 11 is 0. The fourth-order valence-electron chi connectivity index (χ4n) is 4.71. The molecule has 0 bridgehead atoms. The predicted molar refractivity (Wildman–Crippen MR) is 134 cm³/mol. The highest BCUT2D eigenvalue weighted by atomic mass is 16.1. The lowest BCUT2D eigenvalue weighted by Gasteiger charge is -2.15. The molecular weight excluding hydrogens is 408 g/mol. The maximum atomic E-state index is 12.6. The van der Waals surface area contributed by atoms with Crippen molar-refractivity contribution >= 4 is 11.4 Å². The quantitative estimate of drug-likeness (QED) is 0.455. The number of carbonyl (C=O) groups is 1. The van der Waals surface area contributed by atoms with Gasteiger partial charge in [0, 0.05) is 30.4 Å². The summed E-state index contributed by atoms with van der Waals surface area (Å²) < 4.78 is 2.14. The number of hydrogen-bond donors (Lipinski definition) is 1. The molecular formula is C28H30N4O. The molecule has 0 spiro atoms. The van der Waals surface area contributed by atoms with Crippen LogP contribution in [-0.4, -0.2) is 46.4 Å². The Labute approximate surface area is 195 Å². The van der Waals surface area contributed by atoms with Gasteiger partial charge in [0.2, 0.25) is 0 Å². The normalized spacial score (nSPS) is 14.1. The van der Waals surface area contributed by atoms with Crippen LogP contribution in [0.1, 0.15) is 34.3 Å². The molecule has 5 rings (SSSR count). The molecule has 2 aromatic heterocycles. The minimum Gasteiger partial charge on any atom is -0.351 e. The zero-order valence-electron chi connectivity index (χ0n) is 19.3. The van der Waals surface area contributed by atoms with Crippen molar-refractivity contribution in [2.45, 2.75) is 26.7 Å². The van der Waals surface area contributed by atoms with Gasteiger partial charge in [-0.3, -0.25) is 9.20 Å². The summed E-state index contributed by atoms with van der Waals surface area (Å²) in [6.45, 7) is 8.08. The van der Waals surface area contributed by atoms with Crippen molar-refractivity contribution in [3.8, 4) is 22.5 Å². The SMILES string of the molecule is Cc1cccc(-c2ncc3ccc(-c4ccc(C(=O)NCCN5CCCC5)cc4C)cn23)c1. The van der Waals surface area contributed by atoms with Gasteiger partial charge in [-0.1, -0.05) is 35.9 Å². The number of nitrogens with zero attached hydrogens (tertiary/aromatic N) is 3. The summed E-state index contributed by atoms with van der Waals surface area (Å²) in [5, 5.41) is 3.07. The van der Waals surface area contributed by atoms with E-state index >= 15 is 0 Å². The van der Waals surface area contributed by atoms with Gasteiger partial charge in [-0.05, 0) is 80.7 Å². The van der Waals surface area contributed by atoms with Crippen molar-refractivity contribution in [3.63, 3.8) is 0 Å². The van der Waals surface area contributed by atoms with E-state index in [0.717, 1.165) is 53.2 Å². The van der Waals surface area contributed by atoms with Crippen molar-refractivity contribution in [1.82, 2.24) is 19.6 Å². The van der Waals surface area contributed by atoms with E-state index in [2.05, 4.69) is 82.1 Å². The molecule has 1 aliphatic heterocycles. The Balaban J connectivity index is 1.37. The minimum atomic E-state index is -0.00403. The molecule has 2 aromatic carbocycles. The van der Waals surface area contributed by atoms with Crippen LogP contribution in [0, 0.1) is 13.8 Å². The molecule has 33 heavy (non-hydrogen) atoms. The molecule has 0 saturated carbocycles. The lowest BCUT2D eigenvalue weighted by molar-refractivity contribution is 0.0949. The highest BCUT2D eigenvalue weighted by molar-refractivity contribution is 5.95. The van der Waals surface area contributed by atoms with Crippen molar-refractivity contribution in [2.75, 3.05) is 26.2 Å². The van der Waals surface area contributed by atoms with E-state index < -0.39 is 0 Å². The molecule has 1 saturated heterocycles. The summed E-state index contributed by atoms with van der Waals surface area (Å²) in [5.74, 6) is 0.929. The Morgan fingerprint density at radius 1 is 1.00 bits per heavy atom.